The summed E-state index contributed by atoms with van der Waals surface area (Å²) in [7, 11) is 1.41. The van der Waals surface area contributed by atoms with Crippen molar-refractivity contribution in [2.75, 3.05) is 12.4 Å². The van der Waals surface area contributed by atoms with Crippen molar-refractivity contribution in [3.63, 3.8) is 0 Å². The number of benzene rings is 1. The Bertz CT molecular complexity index is 754. The summed E-state index contributed by atoms with van der Waals surface area (Å²) >= 11 is 6.19. The maximum absolute atomic E-state index is 13.1. The SMILES string of the molecule is COC(=O)[C@@H]1CCC[C@H](Nc2ncc(Cl)c(-c3ccc(F)cc3)n2)C1. The van der Waals surface area contributed by atoms with Gasteiger partial charge in [-0.25, -0.2) is 14.4 Å². The molecule has 1 heterocycles. The fraction of sp³-hybridized carbons (Fsp3) is 0.389. The molecule has 5 nitrogen and oxygen atoms in total. The van der Waals surface area contributed by atoms with Crippen LogP contribution in [0.25, 0.3) is 11.3 Å². The van der Waals surface area contributed by atoms with E-state index in [4.69, 9.17) is 16.3 Å². The lowest BCUT2D eigenvalue weighted by Crippen LogP contribution is -2.32. The number of rotatable bonds is 4. The topological polar surface area (TPSA) is 64.1 Å². The molecule has 3 rings (SSSR count). The number of halogens is 2. The lowest BCUT2D eigenvalue weighted by Gasteiger charge is -2.28. The second-order valence-electron chi connectivity index (χ2n) is 6.12. The Balaban J connectivity index is 1.76. The van der Waals surface area contributed by atoms with Gasteiger partial charge in [-0.15, -0.1) is 0 Å². The Kier molecular flexibility index (Phi) is 5.48. The summed E-state index contributed by atoms with van der Waals surface area (Å²) in [5.74, 6) is -0.141. The summed E-state index contributed by atoms with van der Waals surface area (Å²) in [6.07, 6.45) is 4.93. The number of methoxy groups -OCH3 is 1. The Hall–Kier alpha value is -2.21. The zero-order chi connectivity index (χ0) is 17.8. The summed E-state index contributed by atoms with van der Waals surface area (Å²) in [6.45, 7) is 0. The first-order valence-corrected chi connectivity index (χ1v) is 8.57. The second kappa shape index (κ2) is 7.78. The predicted octanol–water partition coefficient (Wildman–Crippen LogP) is 4.08. The van der Waals surface area contributed by atoms with Crippen molar-refractivity contribution in [3.05, 3.63) is 41.3 Å². The first-order valence-electron chi connectivity index (χ1n) is 8.19. The number of nitrogens with one attached hydrogen (secondary N) is 1. The van der Waals surface area contributed by atoms with Gasteiger partial charge in [-0.2, -0.15) is 0 Å². The highest BCUT2D eigenvalue weighted by Crippen LogP contribution is 2.29. The monoisotopic (exact) mass is 363 g/mol. The molecule has 1 aromatic heterocycles. The molecule has 1 N–H and O–H groups in total. The van der Waals surface area contributed by atoms with Gasteiger partial charge in [-0.1, -0.05) is 18.0 Å². The van der Waals surface area contributed by atoms with E-state index >= 15 is 0 Å². The first-order chi connectivity index (χ1) is 12.1. The van der Waals surface area contributed by atoms with Crippen LogP contribution in [-0.2, 0) is 9.53 Å². The van der Waals surface area contributed by atoms with Crippen molar-refractivity contribution in [3.8, 4) is 11.3 Å². The summed E-state index contributed by atoms with van der Waals surface area (Å²) in [6, 6.07) is 6.08. The van der Waals surface area contributed by atoms with Crippen LogP contribution < -0.4 is 5.32 Å². The van der Waals surface area contributed by atoms with E-state index < -0.39 is 0 Å². The van der Waals surface area contributed by atoms with E-state index in [9.17, 15) is 9.18 Å². The van der Waals surface area contributed by atoms with Crippen LogP contribution in [-0.4, -0.2) is 29.1 Å². The highest BCUT2D eigenvalue weighted by Gasteiger charge is 2.28. The standard InChI is InChI=1S/C18H19ClFN3O2/c1-25-17(24)12-3-2-4-14(9-12)22-18-21-10-15(19)16(23-18)11-5-7-13(20)8-6-11/h5-8,10,12,14H,2-4,9H2,1H3,(H,21,22,23)/t12-,14+/m1/s1. The molecule has 1 aromatic carbocycles. The third-order valence-electron chi connectivity index (χ3n) is 4.40. The normalized spacial score (nSPS) is 20.1. The highest BCUT2D eigenvalue weighted by atomic mass is 35.5. The molecule has 1 saturated carbocycles. The molecule has 0 bridgehead atoms. The molecule has 0 spiro atoms. The van der Waals surface area contributed by atoms with E-state index in [1.165, 1.54) is 25.4 Å². The molecule has 0 saturated heterocycles. The number of nitrogens with zero attached hydrogens (tertiary/aromatic N) is 2. The van der Waals surface area contributed by atoms with Gasteiger partial charge in [0.15, 0.2) is 0 Å². The Morgan fingerprint density at radius 3 is 2.80 bits per heavy atom. The van der Waals surface area contributed by atoms with E-state index in [-0.39, 0.29) is 23.7 Å². The Morgan fingerprint density at radius 1 is 1.32 bits per heavy atom. The largest absolute Gasteiger partial charge is 0.469 e. The van der Waals surface area contributed by atoms with Gasteiger partial charge < -0.3 is 10.1 Å². The molecule has 0 radical (unpaired) electrons. The first kappa shape index (κ1) is 17.6. The molecule has 2 atom stereocenters. The second-order valence-corrected chi connectivity index (χ2v) is 6.53. The fourth-order valence-electron chi connectivity index (χ4n) is 3.13. The van der Waals surface area contributed by atoms with Gasteiger partial charge in [0.1, 0.15) is 5.82 Å². The van der Waals surface area contributed by atoms with Crippen LogP contribution in [0.1, 0.15) is 25.7 Å². The highest BCUT2D eigenvalue weighted by molar-refractivity contribution is 6.32. The number of esters is 1. The third kappa shape index (κ3) is 4.25. The molecule has 1 aliphatic carbocycles. The minimum absolute atomic E-state index is 0.0971. The summed E-state index contributed by atoms with van der Waals surface area (Å²) in [5, 5.41) is 3.67. The Morgan fingerprint density at radius 2 is 2.08 bits per heavy atom. The molecule has 2 aromatic rings. The lowest BCUT2D eigenvalue weighted by atomic mass is 9.86. The average Bonchev–Trinajstić information content (AvgIpc) is 2.63. The summed E-state index contributed by atoms with van der Waals surface area (Å²) in [4.78, 5) is 20.4. The van der Waals surface area contributed by atoms with E-state index in [0.717, 1.165) is 19.3 Å². The molecule has 25 heavy (non-hydrogen) atoms. The minimum Gasteiger partial charge on any atom is -0.469 e. The van der Waals surface area contributed by atoms with Crippen molar-refractivity contribution in [1.82, 2.24) is 9.97 Å². The average molecular weight is 364 g/mol. The molecular formula is C18H19ClFN3O2. The molecule has 1 aliphatic rings. The van der Waals surface area contributed by atoms with Crippen LogP contribution >= 0.6 is 11.6 Å². The number of anilines is 1. The third-order valence-corrected chi connectivity index (χ3v) is 4.68. The van der Waals surface area contributed by atoms with E-state index in [1.807, 2.05) is 0 Å². The maximum Gasteiger partial charge on any atom is 0.308 e. The molecule has 1 fully saturated rings. The van der Waals surface area contributed by atoms with Gasteiger partial charge in [0, 0.05) is 11.6 Å². The number of hydrogen-bond acceptors (Lipinski definition) is 5. The summed E-state index contributed by atoms with van der Waals surface area (Å²) in [5.41, 5.74) is 1.26. The summed E-state index contributed by atoms with van der Waals surface area (Å²) < 4.78 is 18.0. The fourth-order valence-corrected chi connectivity index (χ4v) is 3.33. The minimum atomic E-state index is -0.316. The molecule has 0 unspecified atom stereocenters. The smallest absolute Gasteiger partial charge is 0.308 e. The maximum atomic E-state index is 13.1. The number of ether oxygens (including phenoxy) is 1. The number of carbonyl (C=O) groups is 1. The van der Waals surface area contributed by atoms with Crippen LogP contribution in [0.4, 0.5) is 10.3 Å². The van der Waals surface area contributed by atoms with Crippen LogP contribution in [0.2, 0.25) is 5.02 Å². The van der Waals surface area contributed by atoms with Gasteiger partial charge in [0.05, 0.1) is 29.9 Å². The van der Waals surface area contributed by atoms with E-state index in [2.05, 4.69) is 15.3 Å². The lowest BCUT2D eigenvalue weighted by molar-refractivity contribution is -0.146. The molecule has 0 amide bonds. The van der Waals surface area contributed by atoms with Crippen molar-refractivity contribution in [2.24, 2.45) is 5.92 Å². The van der Waals surface area contributed by atoms with Crippen LogP contribution in [0.3, 0.4) is 0 Å². The predicted molar refractivity (Wildman–Crippen MR) is 93.8 cm³/mol. The Labute approximate surface area is 150 Å². The van der Waals surface area contributed by atoms with Crippen LogP contribution in [0, 0.1) is 11.7 Å². The zero-order valence-corrected chi connectivity index (χ0v) is 14.6. The van der Waals surface area contributed by atoms with E-state index in [0.29, 0.717) is 28.6 Å². The number of aromatic nitrogens is 2. The van der Waals surface area contributed by atoms with Crippen LogP contribution in [0.5, 0.6) is 0 Å². The number of hydrogen-bond donors (Lipinski definition) is 1. The van der Waals surface area contributed by atoms with Crippen molar-refractivity contribution in [1.29, 1.82) is 0 Å². The molecule has 7 heteroatoms. The molecule has 132 valence electrons. The molecular weight excluding hydrogens is 345 g/mol. The van der Waals surface area contributed by atoms with E-state index in [1.54, 1.807) is 12.1 Å². The van der Waals surface area contributed by atoms with Crippen molar-refractivity contribution >= 4 is 23.5 Å². The van der Waals surface area contributed by atoms with Gasteiger partial charge in [0.25, 0.3) is 0 Å². The number of carbonyl (C=O) groups excluding carboxylic acids is 1. The van der Waals surface area contributed by atoms with Crippen molar-refractivity contribution in [2.45, 2.75) is 31.7 Å². The van der Waals surface area contributed by atoms with Crippen LogP contribution in [0.15, 0.2) is 30.5 Å². The quantitative estimate of drug-likeness (QED) is 0.829. The van der Waals surface area contributed by atoms with Gasteiger partial charge in [-0.3, -0.25) is 4.79 Å². The van der Waals surface area contributed by atoms with Gasteiger partial charge >= 0.3 is 5.97 Å². The van der Waals surface area contributed by atoms with Gasteiger partial charge in [0.2, 0.25) is 5.95 Å². The van der Waals surface area contributed by atoms with Gasteiger partial charge in [-0.05, 0) is 43.5 Å². The zero-order valence-electron chi connectivity index (χ0n) is 13.8. The molecule has 0 aliphatic heterocycles. The van der Waals surface area contributed by atoms with Crippen molar-refractivity contribution < 1.29 is 13.9 Å².